The molecule has 0 bridgehead atoms. The van der Waals surface area contributed by atoms with Crippen molar-refractivity contribution in [3.8, 4) is 0 Å². The SMILES string of the molecule is CCc1cc(C(=O)NCCN2CCCC(CO)C2)cc(=O)[nH]1. The first-order valence-corrected chi connectivity index (χ1v) is 7.97. The number of carbonyl (C=O) groups is 1. The highest BCUT2D eigenvalue weighted by Gasteiger charge is 2.18. The predicted molar refractivity (Wildman–Crippen MR) is 85.0 cm³/mol. The van der Waals surface area contributed by atoms with Gasteiger partial charge in [0.15, 0.2) is 0 Å². The van der Waals surface area contributed by atoms with E-state index in [1.807, 2.05) is 6.92 Å². The summed E-state index contributed by atoms with van der Waals surface area (Å²) in [5, 5.41) is 12.1. The average molecular weight is 307 g/mol. The first kappa shape index (κ1) is 16.7. The molecule has 122 valence electrons. The number of rotatable bonds is 6. The van der Waals surface area contributed by atoms with Crippen molar-refractivity contribution in [1.82, 2.24) is 15.2 Å². The molecule has 0 aromatic carbocycles. The molecule has 22 heavy (non-hydrogen) atoms. The summed E-state index contributed by atoms with van der Waals surface area (Å²) in [4.78, 5) is 28.6. The zero-order valence-electron chi connectivity index (χ0n) is 13.1. The molecular formula is C16H25N3O3. The van der Waals surface area contributed by atoms with E-state index in [2.05, 4.69) is 15.2 Å². The lowest BCUT2D eigenvalue weighted by Crippen LogP contribution is -2.41. The standard InChI is InChI=1S/C16H25N3O3/c1-2-14-8-13(9-15(21)18-14)16(22)17-5-7-19-6-3-4-12(10-19)11-20/h8-9,12,20H,2-7,10-11H2,1H3,(H,17,22)(H,18,21). The number of nitrogens with zero attached hydrogens (tertiary/aromatic N) is 1. The van der Waals surface area contributed by atoms with Crippen LogP contribution in [0.25, 0.3) is 0 Å². The molecule has 1 atom stereocenters. The fourth-order valence-electron chi connectivity index (χ4n) is 2.86. The van der Waals surface area contributed by atoms with Crippen molar-refractivity contribution >= 4 is 5.91 Å². The van der Waals surface area contributed by atoms with Crippen molar-refractivity contribution in [3.63, 3.8) is 0 Å². The maximum atomic E-state index is 12.1. The molecular weight excluding hydrogens is 282 g/mol. The van der Waals surface area contributed by atoms with E-state index in [4.69, 9.17) is 0 Å². The van der Waals surface area contributed by atoms with Gasteiger partial charge in [0, 0.05) is 43.6 Å². The fourth-order valence-corrected chi connectivity index (χ4v) is 2.86. The first-order valence-electron chi connectivity index (χ1n) is 7.97. The number of likely N-dealkylation sites (tertiary alicyclic amines) is 1. The fraction of sp³-hybridized carbons (Fsp3) is 0.625. The third-order valence-corrected chi connectivity index (χ3v) is 4.12. The smallest absolute Gasteiger partial charge is 0.251 e. The van der Waals surface area contributed by atoms with Crippen molar-refractivity contribution < 1.29 is 9.90 Å². The van der Waals surface area contributed by atoms with Crippen molar-refractivity contribution in [2.24, 2.45) is 5.92 Å². The van der Waals surface area contributed by atoms with Gasteiger partial charge in [-0.3, -0.25) is 9.59 Å². The molecule has 1 aromatic rings. The zero-order valence-corrected chi connectivity index (χ0v) is 13.1. The van der Waals surface area contributed by atoms with Crippen LogP contribution in [0.4, 0.5) is 0 Å². The van der Waals surface area contributed by atoms with Gasteiger partial charge in [-0.25, -0.2) is 0 Å². The molecule has 0 spiro atoms. The second kappa shape index (κ2) is 8.10. The lowest BCUT2D eigenvalue weighted by molar-refractivity contribution is 0.0930. The number of hydrogen-bond acceptors (Lipinski definition) is 4. The Balaban J connectivity index is 1.83. The monoisotopic (exact) mass is 307 g/mol. The van der Waals surface area contributed by atoms with Crippen molar-refractivity contribution in [1.29, 1.82) is 0 Å². The summed E-state index contributed by atoms with van der Waals surface area (Å²) in [6, 6.07) is 3.05. The van der Waals surface area contributed by atoms with Gasteiger partial charge in [-0.1, -0.05) is 6.92 Å². The van der Waals surface area contributed by atoms with Gasteiger partial charge < -0.3 is 20.3 Å². The molecule has 1 unspecified atom stereocenters. The summed E-state index contributed by atoms with van der Waals surface area (Å²) in [6.45, 7) is 5.38. The molecule has 6 nitrogen and oxygen atoms in total. The zero-order chi connectivity index (χ0) is 15.9. The summed E-state index contributed by atoms with van der Waals surface area (Å²) in [5.41, 5.74) is 0.929. The summed E-state index contributed by atoms with van der Waals surface area (Å²) in [6.07, 6.45) is 2.85. The molecule has 0 saturated carbocycles. The van der Waals surface area contributed by atoms with E-state index in [1.165, 1.54) is 6.07 Å². The third kappa shape index (κ3) is 4.68. The predicted octanol–water partition coefficient (Wildman–Crippen LogP) is 0.371. The van der Waals surface area contributed by atoms with Gasteiger partial charge in [0.2, 0.25) is 5.56 Å². The van der Waals surface area contributed by atoms with Gasteiger partial charge in [0.1, 0.15) is 0 Å². The van der Waals surface area contributed by atoms with Gasteiger partial charge >= 0.3 is 0 Å². The highest BCUT2D eigenvalue weighted by atomic mass is 16.3. The molecule has 1 amide bonds. The van der Waals surface area contributed by atoms with Crippen LogP contribution in [-0.4, -0.2) is 53.7 Å². The number of aliphatic hydroxyl groups excluding tert-OH is 1. The minimum atomic E-state index is -0.244. The highest BCUT2D eigenvalue weighted by Crippen LogP contribution is 2.14. The van der Waals surface area contributed by atoms with E-state index in [9.17, 15) is 14.7 Å². The van der Waals surface area contributed by atoms with Crippen LogP contribution in [0.1, 0.15) is 35.8 Å². The summed E-state index contributed by atoms with van der Waals surface area (Å²) >= 11 is 0. The topological polar surface area (TPSA) is 85.4 Å². The Labute approximate surface area is 130 Å². The number of aryl methyl sites for hydroxylation is 1. The number of nitrogens with one attached hydrogen (secondary N) is 2. The molecule has 6 heteroatoms. The highest BCUT2D eigenvalue weighted by molar-refractivity contribution is 5.94. The van der Waals surface area contributed by atoms with Crippen molar-refractivity contribution in [3.05, 3.63) is 33.7 Å². The molecule has 0 radical (unpaired) electrons. The Kier molecular flexibility index (Phi) is 6.15. The van der Waals surface area contributed by atoms with Crippen LogP contribution in [0.5, 0.6) is 0 Å². The molecule has 1 fully saturated rings. The Bertz CT molecular complexity index is 556. The molecule has 1 aromatic heterocycles. The van der Waals surface area contributed by atoms with Crippen LogP contribution in [0.2, 0.25) is 0 Å². The summed E-state index contributed by atoms with van der Waals surface area (Å²) in [5.74, 6) is 0.140. The summed E-state index contributed by atoms with van der Waals surface area (Å²) < 4.78 is 0. The Morgan fingerprint density at radius 1 is 1.50 bits per heavy atom. The van der Waals surface area contributed by atoms with E-state index in [1.54, 1.807) is 6.07 Å². The number of H-pyrrole nitrogens is 1. The van der Waals surface area contributed by atoms with Crippen LogP contribution in [-0.2, 0) is 6.42 Å². The van der Waals surface area contributed by atoms with Gasteiger partial charge in [0.05, 0.1) is 0 Å². The largest absolute Gasteiger partial charge is 0.396 e. The number of aromatic amines is 1. The molecule has 1 aliphatic heterocycles. The maximum Gasteiger partial charge on any atom is 0.251 e. The lowest BCUT2D eigenvalue weighted by atomic mass is 9.99. The number of pyridine rings is 1. The number of piperidine rings is 1. The van der Waals surface area contributed by atoms with Crippen LogP contribution in [0.3, 0.4) is 0 Å². The summed E-state index contributed by atoms with van der Waals surface area (Å²) in [7, 11) is 0. The Morgan fingerprint density at radius 2 is 2.32 bits per heavy atom. The van der Waals surface area contributed by atoms with E-state index in [0.717, 1.165) is 38.2 Å². The number of aromatic nitrogens is 1. The number of hydrogen-bond donors (Lipinski definition) is 3. The van der Waals surface area contributed by atoms with Crippen LogP contribution >= 0.6 is 0 Å². The van der Waals surface area contributed by atoms with E-state index in [-0.39, 0.29) is 18.1 Å². The molecule has 2 rings (SSSR count). The van der Waals surface area contributed by atoms with Gasteiger partial charge in [-0.15, -0.1) is 0 Å². The number of amides is 1. The van der Waals surface area contributed by atoms with Gasteiger partial charge in [0.25, 0.3) is 5.91 Å². The minimum Gasteiger partial charge on any atom is -0.396 e. The first-order chi connectivity index (χ1) is 10.6. The van der Waals surface area contributed by atoms with Crippen molar-refractivity contribution in [2.75, 3.05) is 32.8 Å². The van der Waals surface area contributed by atoms with E-state index < -0.39 is 0 Å². The number of aliphatic hydroxyl groups is 1. The normalized spacial score (nSPS) is 19.1. The van der Waals surface area contributed by atoms with Crippen molar-refractivity contribution in [2.45, 2.75) is 26.2 Å². The Hall–Kier alpha value is -1.66. The van der Waals surface area contributed by atoms with Crippen LogP contribution < -0.4 is 10.9 Å². The van der Waals surface area contributed by atoms with Crippen LogP contribution in [0.15, 0.2) is 16.9 Å². The van der Waals surface area contributed by atoms with E-state index in [0.29, 0.717) is 24.4 Å². The maximum absolute atomic E-state index is 12.1. The Morgan fingerprint density at radius 3 is 3.05 bits per heavy atom. The average Bonchev–Trinajstić information content (AvgIpc) is 2.54. The molecule has 3 N–H and O–H groups in total. The third-order valence-electron chi connectivity index (χ3n) is 4.12. The second-order valence-electron chi connectivity index (χ2n) is 5.86. The minimum absolute atomic E-state index is 0.212. The quantitative estimate of drug-likeness (QED) is 0.709. The van der Waals surface area contributed by atoms with E-state index >= 15 is 0 Å². The number of carbonyl (C=O) groups excluding carboxylic acids is 1. The van der Waals surface area contributed by atoms with Crippen LogP contribution in [0, 0.1) is 5.92 Å². The molecule has 2 heterocycles. The molecule has 0 aliphatic carbocycles. The second-order valence-corrected chi connectivity index (χ2v) is 5.86. The van der Waals surface area contributed by atoms with Gasteiger partial charge in [-0.2, -0.15) is 0 Å². The van der Waals surface area contributed by atoms with Gasteiger partial charge in [-0.05, 0) is 37.8 Å². The molecule has 1 saturated heterocycles. The lowest BCUT2D eigenvalue weighted by Gasteiger charge is -2.31. The molecule has 1 aliphatic rings.